The van der Waals surface area contributed by atoms with Crippen LogP contribution in [0.25, 0.3) is 22.6 Å². The van der Waals surface area contributed by atoms with E-state index in [0.717, 1.165) is 43.8 Å². The van der Waals surface area contributed by atoms with E-state index in [2.05, 4.69) is 44.1 Å². The summed E-state index contributed by atoms with van der Waals surface area (Å²) < 4.78 is 16.1. The van der Waals surface area contributed by atoms with Gasteiger partial charge in [-0.1, -0.05) is 24.6 Å². The molecule has 2 aromatic heterocycles. The van der Waals surface area contributed by atoms with Crippen molar-refractivity contribution in [2.24, 2.45) is 7.05 Å². The Labute approximate surface area is 203 Å². The van der Waals surface area contributed by atoms with Crippen molar-refractivity contribution < 1.29 is 4.39 Å². The van der Waals surface area contributed by atoms with Gasteiger partial charge in [0.15, 0.2) is 17.3 Å². The number of nitrogens with zero attached hydrogens (tertiary/aromatic N) is 6. The number of aryl methyl sites for hydroxylation is 1. The molecule has 34 heavy (non-hydrogen) atoms. The molecule has 0 saturated carbocycles. The van der Waals surface area contributed by atoms with Crippen LogP contribution in [0.1, 0.15) is 12.5 Å². The molecule has 3 heterocycles. The van der Waals surface area contributed by atoms with Crippen molar-refractivity contribution in [2.75, 3.05) is 42.9 Å². The number of imidazole rings is 1. The van der Waals surface area contributed by atoms with Gasteiger partial charge in [0.25, 0.3) is 0 Å². The van der Waals surface area contributed by atoms with Crippen LogP contribution >= 0.6 is 11.6 Å². The molecule has 1 N–H and O–H groups in total. The smallest absolute Gasteiger partial charge is 0.183 e. The molecule has 0 unspecified atom stereocenters. The quantitative estimate of drug-likeness (QED) is 0.437. The van der Waals surface area contributed by atoms with Gasteiger partial charge in [0, 0.05) is 61.6 Å². The van der Waals surface area contributed by atoms with Crippen LogP contribution in [0.3, 0.4) is 0 Å². The van der Waals surface area contributed by atoms with Gasteiger partial charge in [0.1, 0.15) is 11.3 Å². The van der Waals surface area contributed by atoms with Gasteiger partial charge < -0.3 is 19.7 Å². The lowest BCUT2D eigenvalue weighted by Gasteiger charge is -2.35. The zero-order valence-electron chi connectivity index (χ0n) is 19.3. The summed E-state index contributed by atoms with van der Waals surface area (Å²) >= 11 is 5.88. The Morgan fingerprint density at radius 1 is 1.03 bits per heavy atom. The highest BCUT2D eigenvalue weighted by Gasteiger charge is 2.17. The van der Waals surface area contributed by atoms with Crippen LogP contribution in [0.2, 0.25) is 5.02 Å². The highest BCUT2D eigenvalue weighted by atomic mass is 35.5. The second-order valence-electron chi connectivity index (χ2n) is 8.48. The van der Waals surface area contributed by atoms with Crippen LogP contribution in [0.15, 0.2) is 48.8 Å². The summed E-state index contributed by atoms with van der Waals surface area (Å²) in [6, 6.07) is 13.0. The number of rotatable bonds is 6. The average Bonchev–Trinajstić information content (AvgIpc) is 3.24. The Hall–Kier alpha value is -3.23. The normalized spacial score (nSPS) is 14.6. The van der Waals surface area contributed by atoms with Crippen LogP contribution in [-0.2, 0) is 13.6 Å². The van der Waals surface area contributed by atoms with Crippen molar-refractivity contribution in [3.8, 4) is 11.4 Å². The molecule has 176 valence electrons. The lowest BCUT2D eigenvalue weighted by molar-refractivity contribution is 0.271. The Morgan fingerprint density at radius 2 is 1.79 bits per heavy atom. The molecule has 7 nitrogen and oxygen atoms in total. The monoisotopic (exact) mass is 479 g/mol. The first-order valence-electron chi connectivity index (χ1n) is 11.5. The minimum Gasteiger partial charge on any atom is -0.369 e. The molecule has 1 fully saturated rings. The second-order valence-corrected chi connectivity index (χ2v) is 8.92. The van der Waals surface area contributed by atoms with E-state index in [4.69, 9.17) is 16.6 Å². The van der Waals surface area contributed by atoms with Crippen molar-refractivity contribution in [2.45, 2.75) is 13.5 Å². The van der Waals surface area contributed by atoms with Gasteiger partial charge in [-0.2, -0.15) is 0 Å². The van der Waals surface area contributed by atoms with E-state index in [0.29, 0.717) is 27.9 Å². The summed E-state index contributed by atoms with van der Waals surface area (Å²) in [5.41, 5.74) is 3.97. The Kier molecular flexibility index (Phi) is 6.34. The molecule has 1 aliphatic rings. The third kappa shape index (κ3) is 4.56. The summed E-state index contributed by atoms with van der Waals surface area (Å²) in [5, 5.41) is 3.64. The van der Waals surface area contributed by atoms with Crippen molar-refractivity contribution in [3.05, 3.63) is 65.2 Å². The fraction of sp³-hybridized carbons (Fsp3) is 0.320. The Bertz CT molecular complexity index is 1300. The SMILES string of the molecule is CCN1CCN(c2ccc(-c3nc(NCc4ccc(Cl)cc4F)c4c(ncn4C)n3)cc2)CC1. The highest BCUT2D eigenvalue weighted by molar-refractivity contribution is 6.30. The number of benzene rings is 2. The third-order valence-corrected chi connectivity index (χ3v) is 6.58. The molecule has 0 bridgehead atoms. The predicted molar refractivity (Wildman–Crippen MR) is 135 cm³/mol. The van der Waals surface area contributed by atoms with Gasteiger partial charge in [-0.05, 0) is 42.9 Å². The fourth-order valence-electron chi connectivity index (χ4n) is 4.30. The summed E-state index contributed by atoms with van der Waals surface area (Å²) in [4.78, 5) is 18.8. The van der Waals surface area contributed by atoms with Crippen LogP contribution in [-0.4, -0.2) is 57.1 Å². The molecule has 0 aliphatic carbocycles. The van der Waals surface area contributed by atoms with Gasteiger partial charge in [-0.15, -0.1) is 0 Å². The maximum absolute atomic E-state index is 14.3. The van der Waals surface area contributed by atoms with Crippen molar-refractivity contribution in [1.82, 2.24) is 24.4 Å². The first kappa shape index (κ1) is 22.6. The Morgan fingerprint density at radius 3 is 2.50 bits per heavy atom. The molecule has 1 aliphatic heterocycles. The van der Waals surface area contributed by atoms with E-state index in [1.54, 1.807) is 18.5 Å². The van der Waals surface area contributed by atoms with Gasteiger partial charge in [-0.25, -0.2) is 19.3 Å². The van der Waals surface area contributed by atoms with Crippen molar-refractivity contribution in [1.29, 1.82) is 0 Å². The van der Waals surface area contributed by atoms with Gasteiger partial charge in [-0.3, -0.25) is 0 Å². The molecule has 0 atom stereocenters. The predicted octanol–water partition coefficient (Wildman–Crippen LogP) is 4.58. The number of likely N-dealkylation sites (N-methyl/N-ethyl adjacent to an activating group) is 1. The number of fused-ring (bicyclic) bond motifs is 1. The first-order valence-corrected chi connectivity index (χ1v) is 11.8. The second kappa shape index (κ2) is 9.56. The minimum absolute atomic E-state index is 0.266. The summed E-state index contributed by atoms with van der Waals surface area (Å²) in [5.74, 6) is 0.827. The first-order chi connectivity index (χ1) is 16.5. The molecule has 9 heteroatoms. The van der Waals surface area contributed by atoms with Crippen molar-refractivity contribution in [3.63, 3.8) is 0 Å². The molecule has 4 aromatic rings. The van der Waals surface area contributed by atoms with Crippen LogP contribution in [0, 0.1) is 5.82 Å². The van der Waals surface area contributed by atoms with Gasteiger partial charge in [0.05, 0.1) is 6.33 Å². The maximum Gasteiger partial charge on any atom is 0.183 e. The topological polar surface area (TPSA) is 62.1 Å². The molecule has 0 spiro atoms. The highest BCUT2D eigenvalue weighted by Crippen LogP contribution is 2.27. The fourth-order valence-corrected chi connectivity index (χ4v) is 4.46. The standard InChI is InChI=1S/C25H27ClFN7/c1-3-33-10-12-34(13-11-33)20-8-5-17(6-9-20)23-30-24(22-25(31-23)29-16-32(22)2)28-15-18-4-7-19(26)14-21(18)27/h4-9,14,16H,3,10-13,15H2,1-2H3,(H,28,30,31). The van der Waals surface area contributed by atoms with E-state index in [-0.39, 0.29) is 12.4 Å². The number of halogens is 2. The minimum atomic E-state index is -0.356. The summed E-state index contributed by atoms with van der Waals surface area (Å²) in [6.45, 7) is 7.79. The van der Waals surface area contributed by atoms with Crippen LogP contribution in [0.5, 0.6) is 0 Å². The molecule has 1 saturated heterocycles. The van der Waals surface area contributed by atoms with E-state index in [1.165, 1.54) is 11.8 Å². The third-order valence-electron chi connectivity index (χ3n) is 6.34. The lowest BCUT2D eigenvalue weighted by Crippen LogP contribution is -2.46. The zero-order valence-corrected chi connectivity index (χ0v) is 20.1. The lowest BCUT2D eigenvalue weighted by atomic mass is 10.1. The molecular weight excluding hydrogens is 453 g/mol. The number of hydrogen-bond donors (Lipinski definition) is 1. The molecular formula is C25H27ClFN7. The summed E-state index contributed by atoms with van der Waals surface area (Å²) in [7, 11) is 1.89. The van der Waals surface area contributed by atoms with Crippen LogP contribution < -0.4 is 10.2 Å². The van der Waals surface area contributed by atoms with Crippen LogP contribution in [0.4, 0.5) is 15.9 Å². The maximum atomic E-state index is 14.3. The molecule has 0 radical (unpaired) electrons. The number of hydrogen-bond acceptors (Lipinski definition) is 6. The van der Waals surface area contributed by atoms with E-state index in [1.807, 2.05) is 23.7 Å². The van der Waals surface area contributed by atoms with E-state index in [9.17, 15) is 4.39 Å². The number of aromatic nitrogens is 4. The molecule has 0 amide bonds. The van der Waals surface area contributed by atoms with Gasteiger partial charge in [0.2, 0.25) is 0 Å². The largest absolute Gasteiger partial charge is 0.369 e. The number of anilines is 2. The van der Waals surface area contributed by atoms with Gasteiger partial charge >= 0.3 is 0 Å². The number of nitrogens with one attached hydrogen (secondary N) is 1. The summed E-state index contributed by atoms with van der Waals surface area (Å²) in [6.07, 6.45) is 1.70. The van der Waals surface area contributed by atoms with E-state index < -0.39 is 0 Å². The Balaban J connectivity index is 1.40. The number of piperazine rings is 1. The van der Waals surface area contributed by atoms with E-state index >= 15 is 0 Å². The average molecular weight is 480 g/mol. The molecule has 2 aromatic carbocycles. The zero-order chi connectivity index (χ0) is 23.7. The van der Waals surface area contributed by atoms with Crippen molar-refractivity contribution >= 4 is 34.3 Å². The molecule has 5 rings (SSSR count).